The summed E-state index contributed by atoms with van der Waals surface area (Å²) in [6.07, 6.45) is 0. The van der Waals surface area contributed by atoms with E-state index in [-0.39, 0.29) is 15.5 Å². The second-order valence-corrected chi connectivity index (χ2v) is 7.21. The molecule has 0 saturated heterocycles. The molecule has 2 aromatic carbocycles. The van der Waals surface area contributed by atoms with Crippen LogP contribution in [-0.4, -0.2) is 14.4 Å². The summed E-state index contributed by atoms with van der Waals surface area (Å²) in [5, 5.41) is 1.14. The van der Waals surface area contributed by atoms with Gasteiger partial charge in [0.05, 0.1) is 4.90 Å². The molecule has 2 rings (SSSR count). The van der Waals surface area contributed by atoms with Crippen LogP contribution in [0.25, 0.3) is 0 Å². The molecule has 2 amide bonds. The molecule has 0 aromatic heterocycles. The minimum atomic E-state index is -3.88. The van der Waals surface area contributed by atoms with Gasteiger partial charge in [0.2, 0.25) is 9.84 Å². The molecule has 0 aliphatic rings. The average molecular weight is 339 g/mol. The van der Waals surface area contributed by atoms with Crippen LogP contribution in [0.3, 0.4) is 0 Å². The van der Waals surface area contributed by atoms with Crippen LogP contribution in [0, 0.1) is 6.92 Å². The van der Waals surface area contributed by atoms with E-state index >= 15 is 0 Å². The first-order valence-electron chi connectivity index (χ1n) is 6.43. The zero-order chi connectivity index (χ0) is 16.3. The van der Waals surface area contributed by atoms with Crippen LogP contribution in [0.2, 0.25) is 5.02 Å². The molecular formula is C15H15ClN2O3S. The van der Waals surface area contributed by atoms with Gasteiger partial charge >= 0.3 is 6.03 Å². The molecule has 5 nitrogen and oxygen atoms in total. The lowest BCUT2D eigenvalue weighted by molar-refractivity contribution is 0.248. The third kappa shape index (κ3) is 3.40. The van der Waals surface area contributed by atoms with Crippen LogP contribution in [-0.2, 0) is 9.84 Å². The number of primary amides is 1. The van der Waals surface area contributed by atoms with Crippen molar-refractivity contribution in [2.45, 2.75) is 17.2 Å². The van der Waals surface area contributed by atoms with Gasteiger partial charge in [0.15, 0.2) is 5.37 Å². The summed E-state index contributed by atoms with van der Waals surface area (Å²) in [5.74, 6) is 0. The molecule has 1 atom stereocenters. The van der Waals surface area contributed by atoms with E-state index in [4.69, 9.17) is 17.3 Å². The van der Waals surface area contributed by atoms with E-state index < -0.39 is 21.2 Å². The van der Waals surface area contributed by atoms with Crippen LogP contribution in [0.1, 0.15) is 16.5 Å². The monoisotopic (exact) mass is 338 g/mol. The maximum atomic E-state index is 12.8. The predicted molar refractivity (Wildman–Crippen MR) is 85.3 cm³/mol. The largest absolute Gasteiger partial charge is 0.352 e. The van der Waals surface area contributed by atoms with Gasteiger partial charge in [0.25, 0.3) is 0 Å². The number of hydrogen-bond acceptors (Lipinski definition) is 3. The summed E-state index contributed by atoms with van der Waals surface area (Å²) < 4.78 is 25.6. The number of nitrogens with one attached hydrogen (secondary N) is 1. The lowest BCUT2D eigenvalue weighted by Crippen LogP contribution is -2.37. The molecule has 116 valence electrons. The second-order valence-electron chi connectivity index (χ2n) is 4.77. The van der Waals surface area contributed by atoms with Gasteiger partial charge in [-0.3, -0.25) is 0 Å². The summed E-state index contributed by atoms with van der Waals surface area (Å²) in [4.78, 5) is 11.3. The zero-order valence-corrected chi connectivity index (χ0v) is 13.4. The summed E-state index contributed by atoms with van der Waals surface area (Å²) in [7, 11) is -3.88. The number of sulfone groups is 1. The maximum absolute atomic E-state index is 12.8. The van der Waals surface area contributed by atoms with Crippen molar-refractivity contribution in [3.8, 4) is 0 Å². The molecule has 22 heavy (non-hydrogen) atoms. The lowest BCUT2D eigenvalue weighted by atomic mass is 10.2. The van der Waals surface area contributed by atoms with Crippen LogP contribution >= 0.6 is 11.6 Å². The fraction of sp³-hybridized carbons (Fsp3) is 0.133. The normalized spacial score (nSPS) is 12.6. The van der Waals surface area contributed by atoms with Gasteiger partial charge in [0.1, 0.15) is 0 Å². The zero-order valence-electron chi connectivity index (χ0n) is 11.8. The molecule has 0 fully saturated rings. The number of nitrogens with two attached hydrogens (primary N) is 1. The van der Waals surface area contributed by atoms with E-state index in [0.717, 1.165) is 5.56 Å². The van der Waals surface area contributed by atoms with E-state index in [1.807, 2.05) is 6.92 Å². The Morgan fingerprint density at radius 2 is 1.73 bits per heavy atom. The van der Waals surface area contributed by atoms with Crippen molar-refractivity contribution in [3.05, 3.63) is 64.7 Å². The van der Waals surface area contributed by atoms with E-state index in [0.29, 0.717) is 0 Å². The first-order valence-corrected chi connectivity index (χ1v) is 8.36. The highest BCUT2D eigenvalue weighted by Gasteiger charge is 2.31. The summed E-state index contributed by atoms with van der Waals surface area (Å²) in [5.41, 5.74) is 6.32. The van der Waals surface area contributed by atoms with Crippen LogP contribution in [0.4, 0.5) is 4.79 Å². The lowest BCUT2D eigenvalue weighted by Gasteiger charge is -2.19. The number of rotatable bonds is 4. The number of benzene rings is 2. The molecule has 0 radical (unpaired) electrons. The highest BCUT2D eigenvalue weighted by Crippen LogP contribution is 2.31. The summed E-state index contributed by atoms with van der Waals surface area (Å²) in [6, 6.07) is 11.8. The molecule has 0 saturated carbocycles. The van der Waals surface area contributed by atoms with Crippen molar-refractivity contribution in [1.29, 1.82) is 0 Å². The fourth-order valence-corrected chi connectivity index (χ4v) is 3.91. The van der Waals surface area contributed by atoms with Gasteiger partial charge in [-0.25, -0.2) is 13.2 Å². The van der Waals surface area contributed by atoms with E-state index in [1.165, 1.54) is 18.2 Å². The van der Waals surface area contributed by atoms with Gasteiger partial charge in [-0.15, -0.1) is 0 Å². The number of carbonyl (C=O) groups excluding carboxylic acids is 1. The molecule has 3 N–H and O–H groups in total. The van der Waals surface area contributed by atoms with E-state index in [2.05, 4.69) is 5.32 Å². The molecule has 1 unspecified atom stereocenters. The Labute approximate surface area is 134 Å². The van der Waals surface area contributed by atoms with Gasteiger partial charge in [-0.05, 0) is 25.1 Å². The van der Waals surface area contributed by atoms with Crippen LogP contribution in [0.5, 0.6) is 0 Å². The number of halogens is 1. The highest BCUT2D eigenvalue weighted by atomic mass is 35.5. The third-order valence-corrected chi connectivity index (χ3v) is 5.39. The molecular weight excluding hydrogens is 324 g/mol. The van der Waals surface area contributed by atoms with Gasteiger partial charge in [-0.1, -0.05) is 47.5 Å². The van der Waals surface area contributed by atoms with Gasteiger partial charge < -0.3 is 11.1 Å². The fourth-order valence-electron chi connectivity index (χ4n) is 2.00. The van der Waals surface area contributed by atoms with Crippen LogP contribution in [0.15, 0.2) is 53.4 Å². The number of carbonyl (C=O) groups is 1. The summed E-state index contributed by atoms with van der Waals surface area (Å²) >= 11 is 6.06. The van der Waals surface area contributed by atoms with Crippen molar-refractivity contribution < 1.29 is 13.2 Å². The Morgan fingerprint density at radius 3 is 2.27 bits per heavy atom. The topological polar surface area (TPSA) is 89.3 Å². The Morgan fingerprint density at radius 1 is 1.14 bits per heavy atom. The quantitative estimate of drug-likeness (QED) is 0.898. The number of amides is 2. The highest BCUT2D eigenvalue weighted by molar-refractivity contribution is 7.91. The number of hydrogen-bond donors (Lipinski definition) is 2. The number of urea groups is 1. The minimum absolute atomic E-state index is 0.0803. The Hall–Kier alpha value is -2.05. The molecule has 0 aliphatic heterocycles. The van der Waals surface area contributed by atoms with Crippen molar-refractivity contribution in [3.63, 3.8) is 0 Å². The van der Waals surface area contributed by atoms with Crippen molar-refractivity contribution in [2.24, 2.45) is 5.73 Å². The Balaban J connectivity index is 2.56. The predicted octanol–water partition coefficient (Wildman–Crippen LogP) is 2.79. The first-order chi connectivity index (χ1) is 10.3. The molecule has 2 aromatic rings. The molecule has 0 heterocycles. The first kappa shape index (κ1) is 16.3. The van der Waals surface area contributed by atoms with Gasteiger partial charge in [0, 0.05) is 10.6 Å². The van der Waals surface area contributed by atoms with E-state index in [1.54, 1.807) is 30.3 Å². The van der Waals surface area contributed by atoms with E-state index in [9.17, 15) is 13.2 Å². The SMILES string of the molecule is Cc1ccc(S(=O)(=O)C(NC(N)=O)c2ccccc2Cl)cc1. The number of aryl methyl sites for hydroxylation is 1. The van der Waals surface area contributed by atoms with Crippen molar-refractivity contribution in [1.82, 2.24) is 5.32 Å². The minimum Gasteiger partial charge on any atom is -0.352 e. The van der Waals surface area contributed by atoms with Crippen LogP contribution < -0.4 is 11.1 Å². The Kier molecular flexibility index (Phi) is 4.73. The molecule has 0 bridgehead atoms. The summed E-state index contributed by atoms with van der Waals surface area (Å²) in [6.45, 7) is 1.85. The third-order valence-electron chi connectivity index (χ3n) is 3.12. The maximum Gasteiger partial charge on any atom is 0.313 e. The van der Waals surface area contributed by atoms with Gasteiger partial charge in [-0.2, -0.15) is 0 Å². The average Bonchev–Trinajstić information content (AvgIpc) is 2.46. The standard InChI is InChI=1S/C15H15ClN2O3S/c1-10-6-8-11(9-7-10)22(20,21)14(18-15(17)19)12-4-2-3-5-13(12)16/h2-9,14H,1H3,(H3,17,18,19). The molecule has 7 heteroatoms. The second kappa shape index (κ2) is 6.37. The van der Waals surface area contributed by atoms with Crippen molar-refractivity contribution >= 4 is 27.5 Å². The van der Waals surface area contributed by atoms with Crippen molar-refractivity contribution in [2.75, 3.05) is 0 Å². The smallest absolute Gasteiger partial charge is 0.313 e. The molecule has 0 spiro atoms. The Bertz CT molecular complexity index is 789. The molecule has 0 aliphatic carbocycles.